The van der Waals surface area contributed by atoms with Crippen LogP contribution in [0.3, 0.4) is 0 Å². The highest BCUT2D eigenvalue weighted by atomic mass is 35.5. The van der Waals surface area contributed by atoms with Crippen molar-refractivity contribution in [2.24, 2.45) is 0 Å². The van der Waals surface area contributed by atoms with Gasteiger partial charge in [0.15, 0.2) is 0 Å². The Morgan fingerprint density at radius 3 is 2.53 bits per heavy atom. The quantitative estimate of drug-likeness (QED) is 0.354. The molecule has 2 aromatic heterocycles. The van der Waals surface area contributed by atoms with E-state index in [1.807, 2.05) is 42.7 Å². The smallest absolute Gasteiger partial charge is 0.116 e. The number of benzene rings is 3. The molecule has 0 spiro atoms. The first-order chi connectivity index (χ1) is 14.5. The van der Waals surface area contributed by atoms with Crippen molar-refractivity contribution in [3.8, 4) is 16.9 Å². The van der Waals surface area contributed by atoms with E-state index in [0.717, 1.165) is 68.2 Å². The van der Waals surface area contributed by atoms with Gasteiger partial charge in [-0.1, -0.05) is 29.8 Å². The predicted octanol–water partition coefficient (Wildman–Crippen LogP) is 6.25. The summed E-state index contributed by atoms with van der Waals surface area (Å²) in [6.45, 7) is 1.92. The summed E-state index contributed by atoms with van der Waals surface area (Å²) in [5.41, 5.74) is 4.44. The van der Waals surface area contributed by atoms with E-state index in [1.165, 1.54) is 0 Å². The van der Waals surface area contributed by atoms with E-state index in [2.05, 4.69) is 40.7 Å². The molecule has 0 atom stereocenters. The van der Waals surface area contributed by atoms with Crippen molar-refractivity contribution >= 4 is 44.2 Å². The molecule has 5 rings (SSSR count). The van der Waals surface area contributed by atoms with Crippen LogP contribution in [0.5, 0.6) is 5.75 Å². The van der Waals surface area contributed by atoms with E-state index < -0.39 is 0 Å². The van der Waals surface area contributed by atoms with Gasteiger partial charge in [0, 0.05) is 56.6 Å². The largest absolute Gasteiger partial charge is 0.508 e. The summed E-state index contributed by atoms with van der Waals surface area (Å²) >= 11 is 6.58. The number of hydrogen-bond acceptors (Lipinski definition) is 2. The zero-order valence-electron chi connectivity index (χ0n) is 17.1. The number of halogens is 1. The first kappa shape index (κ1) is 19.0. The molecule has 0 amide bonds. The maximum absolute atomic E-state index is 10.2. The Kier molecular flexibility index (Phi) is 4.69. The Morgan fingerprint density at radius 2 is 1.73 bits per heavy atom. The number of phenolic OH excluding ortho intramolecular Hbond substituents is 1. The van der Waals surface area contributed by atoms with Gasteiger partial charge in [0.05, 0.1) is 5.52 Å². The Hall–Kier alpha value is -2.95. The second-order valence-electron chi connectivity index (χ2n) is 8.09. The third kappa shape index (κ3) is 3.04. The molecule has 4 nitrogen and oxygen atoms in total. The lowest BCUT2D eigenvalue weighted by molar-refractivity contribution is 0.389. The summed E-state index contributed by atoms with van der Waals surface area (Å²) in [5, 5.41) is 15.5. The molecule has 0 aliphatic carbocycles. The van der Waals surface area contributed by atoms with Crippen LogP contribution in [-0.2, 0) is 6.54 Å². The number of hydrogen-bond donors (Lipinski definition) is 2. The number of aromatic hydroxyl groups is 1. The molecule has 5 aromatic rings. The van der Waals surface area contributed by atoms with Crippen LogP contribution >= 0.6 is 11.6 Å². The number of nitrogens with one attached hydrogen (secondary N) is 1. The molecular formula is C25H24ClN3O. The summed E-state index contributed by atoms with van der Waals surface area (Å²) in [5.74, 6) is 0.286. The van der Waals surface area contributed by atoms with Gasteiger partial charge in [-0.05, 0) is 63.0 Å². The van der Waals surface area contributed by atoms with Gasteiger partial charge in [-0.3, -0.25) is 0 Å². The van der Waals surface area contributed by atoms with E-state index in [1.54, 1.807) is 6.07 Å². The molecule has 2 heterocycles. The number of fused-ring (bicyclic) bond motifs is 5. The van der Waals surface area contributed by atoms with Crippen LogP contribution in [0.2, 0.25) is 5.02 Å². The highest BCUT2D eigenvalue weighted by Crippen LogP contribution is 2.42. The number of H-pyrrole nitrogens is 1. The Morgan fingerprint density at radius 1 is 0.933 bits per heavy atom. The summed E-state index contributed by atoms with van der Waals surface area (Å²) in [6, 6.07) is 15.9. The van der Waals surface area contributed by atoms with Gasteiger partial charge >= 0.3 is 0 Å². The summed E-state index contributed by atoms with van der Waals surface area (Å²) in [4.78, 5) is 5.49. The van der Waals surface area contributed by atoms with Crippen LogP contribution in [0.4, 0.5) is 0 Å². The summed E-state index contributed by atoms with van der Waals surface area (Å²) in [7, 11) is 4.20. The van der Waals surface area contributed by atoms with Gasteiger partial charge in [0.1, 0.15) is 5.75 Å². The Bertz CT molecular complexity index is 1380. The fourth-order valence-corrected chi connectivity index (χ4v) is 4.73. The van der Waals surface area contributed by atoms with Crippen LogP contribution in [-0.4, -0.2) is 40.2 Å². The standard InChI is InChI=1S/C25H24ClN3O/c1-28(2)10-5-11-29-23-9-8-16(30)12-19(23)25-21-15-27-14-20(21)18(13-24(25)29)17-6-3-4-7-22(17)26/h3-4,6-9,12-15,27,30H,5,10-11H2,1-2H3. The molecule has 0 bridgehead atoms. The van der Waals surface area contributed by atoms with Crippen molar-refractivity contribution in [1.82, 2.24) is 14.5 Å². The second kappa shape index (κ2) is 7.38. The molecule has 0 aliphatic heterocycles. The molecule has 3 aromatic carbocycles. The van der Waals surface area contributed by atoms with Crippen LogP contribution < -0.4 is 0 Å². The number of aromatic amines is 1. The minimum atomic E-state index is 0.286. The molecule has 2 N–H and O–H groups in total. The van der Waals surface area contributed by atoms with E-state index in [0.29, 0.717) is 0 Å². The van der Waals surface area contributed by atoms with Gasteiger partial charge in [0.2, 0.25) is 0 Å². The molecule has 152 valence electrons. The lowest BCUT2D eigenvalue weighted by Gasteiger charge is -2.13. The zero-order valence-corrected chi connectivity index (χ0v) is 17.9. The minimum Gasteiger partial charge on any atom is -0.508 e. The van der Waals surface area contributed by atoms with Crippen molar-refractivity contribution in [3.63, 3.8) is 0 Å². The minimum absolute atomic E-state index is 0.286. The molecule has 0 saturated carbocycles. The highest BCUT2D eigenvalue weighted by Gasteiger charge is 2.18. The predicted molar refractivity (Wildman–Crippen MR) is 127 cm³/mol. The number of phenols is 1. The molecule has 30 heavy (non-hydrogen) atoms. The van der Waals surface area contributed by atoms with Crippen molar-refractivity contribution in [3.05, 3.63) is 65.9 Å². The van der Waals surface area contributed by atoms with Crippen LogP contribution in [0.15, 0.2) is 60.9 Å². The first-order valence-corrected chi connectivity index (χ1v) is 10.6. The second-order valence-corrected chi connectivity index (χ2v) is 8.50. The lowest BCUT2D eigenvalue weighted by Crippen LogP contribution is -2.15. The number of aromatic nitrogens is 2. The third-order valence-electron chi connectivity index (χ3n) is 5.82. The lowest BCUT2D eigenvalue weighted by atomic mass is 9.97. The SMILES string of the molecule is CN(C)CCCn1c2ccc(O)cc2c2c3c[nH]cc3c(-c3ccccc3Cl)cc21. The van der Waals surface area contributed by atoms with Gasteiger partial charge in [-0.2, -0.15) is 0 Å². The average molecular weight is 418 g/mol. The van der Waals surface area contributed by atoms with Crippen LogP contribution in [0, 0.1) is 0 Å². The Labute approximate surface area is 180 Å². The van der Waals surface area contributed by atoms with Crippen molar-refractivity contribution in [1.29, 1.82) is 0 Å². The topological polar surface area (TPSA) is 44.2 Å². The zero-order chi connectivity index (χ0) is 20.8. The van der Waals surface area contributed by atoms with Gasteiger partial charge in [-0.15, -0.1) is 0 Å². The third-order valence-corrected chi connectivity index (χ3v) is 6.15. The van der Waals surface area contributed by atoms with E-state index in [9.17, 15) is 5.11 Å². The number of rotatable bonds is 5. The maximum atomic E-state index is 10.2. The average Bonchev–Trinajstić information content (AvgIpc) is 3.31. The van der Waals surface area contributed by atoms with Gasteiger partial charge in [0.25, 0.3) is 0 Å². The Balaban J connectivity index is 1.85. The van der Waals surface area contributed by atoms with Gasteiger partial charge in [-0.25, -0.2) is 0 Å². The fourth-order valence-electron chi connectivity index (χ4n) is 4.49. The molecule has 0 radical (unpaired) electrons. The van der Waals surface area contributed by atoms with Crippen LogP contribution in [0.25, 0.3) is 43.7 Å². The normalized spacial score (nSPS) is 12.0. The maximum Gasteiger partial charge on any atom is 0.116 e. The molecule has 0 fully saturated rings. The molecule has 0 unspecified atom stereocenters. The van der Waals surface area contributed by atoms with Crippen LogP contribution in [0.1, 0.15) is 6.42 Å². The number of aryl methyl sites for hydroxylation is 1. The summed E-state index contributed by atoms with van der Waals surface area (Å²) in [6.07, 6.45) is 5.12. The number of nitrogens with zero attached hydrogens (tertiary/aromatic N) is 2. The van der Waals surface area contributed by atoms with Crippen molar-refractivity contribution in [2.75, 3.05) is 20.6 Å². The van der Waals surface area contributed by atoms with Crippen molar-refractivity contribution < 1.29 is 5.11 Å². The van der Waals surface area contributed by atoms with E-state index >= 15 is 0 Å². The molecule has 0 aliphatic rings. The van der Waals surface area contributed by atoms with E-state index in [-0.39, 0.29) is 5.75 Å². The molecule has 0 saturated heterocycles. The monoisotopic (exact) mass is 417 g/mol. The molecular weight excluding hydrogens is 394 g/mol. The fraction of sp³-hybridized carbons (Fsp3) is 0.200. The first-order valence-electron chi connectivity index (χ1n) is 10.2. The van der Waals surface area contributed by atoms with E-state index in [4.69, 9.17) is 11.6 Å². The van der Waals surface area contributed by atoms with Crippen molar-refractivity contribution in [2.45, 2.75) is 13.0 Å². The molecule has 5 heteroatoms. The highest BCUT2D eigenvalue weighted by molar-refractivity contribution is 6.34. The van der Waals surface area contributed by atoms with Gasteiger partial charge < -0.3 is 19.6 Å². The summed E-state index contributed by atoms with van der Waals surface area (Å²) < 4.78 is 2.38.